The van der Waals surface area contributed by atoms with Gasteiger partial charge in [0.2, 0.25) is 5.82 Å². The molecule has 0 radical (unpaired) electrons. The van der Waals surface area contributed by atoms with Crippen LogP contribution in [0.15, 0.2) is 71.2 Å². The van der Waals surface area contributed by atoms with Crippen LogP contribution in [0.2, 0.25) is 5.02 Å². The lowest BCUT2D eigenvalue weighted by atomic mass is 10.1. The van der Waals surface area contributed by atoms with E-state index in [1.165, 1.54) is 18.2 Å². The van der Waals surface area contributed by atoms with E-state index in [1.54, 1.807) is 22.9 Å². The molecule has 0 bridgehead atoms. The van der Waals surface area contributed by atoms with Gasteiger partial charge in [0.25, 0.3) is 11.6 Å². The summed E-state index contributed by atoms with van der Waals surface area (Å²) in [6.07, 6.45) is 0. The number of carbonyl (C=O) groups excluding carboxylic acids is 1. The Morgan fingerprint density at radius 2 is 1.84 bits per heavy atom. The maximum Gasteiger partial charge on any atom is 0.295 e. The second-order valence-electron chi connectivity index (χ2n) is 6.82. The number of hydrogen-bond acceptors (Lipinski definition) is 5. The average Bonchev–Trinajstić information content (AvgIpc) is 3.22. The predicted molar refractivity (Wildman–Crippen MR) is 125 cm³/mol. The van der Waals surface area contributed by atoms with E-state index in [2.05, 4.69) is 31.3 Å². The number of nitrogens with zero attached hydrogens (tertiary/aromatic N) is 4. The number of carbonyl (C=O) groups is 1. The van der Waals surface area contributed by atoms with Crippen LogP contribution in [0.5, 0.6) is 0 Å². The molecule has 0 atom stereocenters. The Morgan fingerprint density at radius 3 is 2.56 bits per heavy atom. The zero-order chi connectivity index (χ0) is 22.8. The number of halogens is 2. The molecule has 0 saturated carbocycles. The molecule has 1 heterocycles. The van der Waals surface area contributed by atoms with Crippen molar-refractivity contribution in [2.24, 2.45) is 0 Å². The molecule has 0 spiro atoms. The first-order chi connectivity index (χ1) is 15.3. The number of non-ortho nitro benzene ring substituents is 1. The summed E-state index contributed by atoms with van der Waals surface area (Å²) in [5, 5.41) is 18.6. The fourth-order valence-electron chi connectivity index (χ4n) is 3.07. The van der Waals surface area contributed by atoms with Gasteiger partial charge in [-0.25, -0.2) is 9.67 Å². The highest BCUT2D eigenvalue weighted by atomic mass is 79.9. The van der Waals surface area contributed by atoms with Crippen molar-refractivity contribution < 1.29 is 9.72 Å². The van der Waals surface area contributed by atoms with E-state index in [0.717, 1.165) is 15.6 Å². The first-order valence-corrected chi connectivity index (χ1v) is 10.5. The van der Waals surface area contributed by atoms with Gasteiger partial charge in [0, 0.05) is 32.9 Å². The number of rotatable bonds is 5. The van der Waals surface area contributed by atoms with Gasteiger partial charge in [-0.15, -0.1) is 5.10 Å². The van der Waals surface area contributed by atoms with Gasteiger partial charge >= 0.3 is 0 Å². The summed E-state index contributed by atoms with van der Waals surface area (Å²) in [7, 11) is 0. The van der Waals surface area contributed by atoms with Gasteiger partial charge in [-0.3, -0.25) is 14.9 Å². The SMILES string of the molecule is Cc1c(Cl)cccc1-n1nc(C(=O)Nc2cccc([N+](=O)[O-])c2)nc1-c1ccc(Br)cc1. The molecular weight excluding hydrogens is 498 g/mol. The van der Waals surface area contributed by atoms with Crippen molar-refractivity contribution in [1.29, 1.82) is 0 Å². The number of aromatic nitrogens is 3. The molecule has 160 valence electrons. The summed E-state index contributed by atoms with van der Waals surface area (Å²) < 4.78 is 2.46. The Labute approximate surface area is 196 Å². The second-order valence-corrected chi connectivity index (χ2v) is 8.15. The van der Waals surface area contributed by atoms with E-state index in [9.17, 15) is 14.9 Å². The summed E-state index contributed by atoms with van der Waals surface area (Å²) in [5.41, 5.74) is 2.34. The summed E-state index contributed by atoms with van der Waals surface area (Å²) in [5.74, 6) is -0.233. The number of anilines is 1. The highest BCUT2D eigenvalue weighted by molar-refractivity contribution is 9.10. The minimum Gasteiger partial charge on any atom is -0.319 e. The number of amides is 1. The zero-order valence-electron chi connectivity index (χ0n) is 16.6. The molecule has 0 aliphatic rings. The molecule has 1 aromatic heterocycles. The molecule has 10 heteroatoms. The van der Waals surface area contributed by atoms with Gasteiger partial charge in [0.15, 0.2) is 5.82 Å². The largest absolute Gasteiger partial charge is 0.319 e. The number of benzene rings is 3. The van der Waals surface area contributed by atoms with Crippen LogP contribution >= 0.6 is 27.5 Å². The van der Waals surface area contributed by atoms with Crippen molar-refractivity contribution in [1.82, 2.24) is 14.8 Å². The van der Waals surface area contributed by atoms with Crippen molar-refractivity contribution >= 4 is 44.8 Å². The Morgan fingerprint density at radius 1 is 1.12 bits per heavy atom. The topological polar surface area (TPSA) is 103 Å². The normalized spacial score (nSPS) is 10.7. The van der Waals surface area contributed by atoms with Crippen molar-refractivity contribution in [2.45, 2.75) is 6.92 Å². The minimum atomic E-state index is -0.595. The number of nitro groups is 1. The molecule has 0 aliphatic heterocycles. The zero-order valence-corrected chi connectivity index (χ0v) is 19.0. The minimum absolute atomic E-state index is 0.0891. The third kappa shape index (κ3) is 4.39. The van der Waals surface area contributed by atoms with E-state index >= 15 is 0 Å². The van der Waals surface area contributed by atoms with Gasteiger partial charge < -0.3 is 5.32 Å². The first-order valence-electron chi connectivity index (χ1n) is 9.38. The van der Waals surface area contributed by atoms with E-state index in [4.69, 9.17) is 11.6 Å². The summed E-state index contributed by atoms with van der Waals surface area (Å²) in [4.78, 5) is 27.8. The Kier molecular flexibility index (Phi) is 6.02. The first kappa shape index (κ1) is 21.7. The fraction of sp³-hybridized carbons (Fsp3) is 0.0455. The van der Waals surface area contributed by atoms with Gasteiger partial charge in [0.05, 0.1) is 10.6 Å². The molecule has 4 aromatic rings. The molecule has 0 aliphatic carbocycles. The molecule has 8 nitrogen and oxygen atoms in total. The molecule has 0 saturated heterocycles. The summed E-state index contributed by atoms with van der Waals surface area (Å²) in [6, 6.07) is 18.5. The maximum atomic E-state index is 12.9. The molecule has 0 unspecified atom stereocenters. The lowest BCUT2D eigenvalue weighted by Gasteiger charge is -2.10. The van der Waals surface area contributed by atoms with Gasteiger partial charge in [-0.2, -0.15) is 0 Å². The highest BCUT2D eigenvalue weighted by Gasteiger charge is 2.21. The quantitative estimate of drug-likeness (QED) is 0.268. The van der Waals surface area contributed by atoms with E-state index in [1.807, 2.05) is 37.3 Å². The van der Waals surface area contributed by atoms with E-state index in [-0.39, 0.29) is 17.2 Å². The molecular formula is C22H15BrClN5O3. The Balaban J connectivity index is 1.77. The highest BCUT2D eigenvalue weighted by Crippen LogP contribution is 2.28. The van der Waals surface area contributed by atoms with Crippen LogP contribution in [-0.4, -0.2) is 25.6 Å². The van der Waals surface area contributed by atoms with Crippen molar-refractivity contribution in [3.63, 3.8) is 0 Å². The van der Waals surface area contributed by atoms with Gasteiger partial charge in [-0.1, -0.05) is 51.8 Å². The summed E-state index contributed by atoms with van der Waals surface area (Å²) in [6.45, 7) is 1.85. The standard InChI is InChI=1S/C22H15BrClN5O3/c1-13-18(24)6-3-7-19(13)28-21(14-8-10-15(23)11-9-14)26-20(27-28)22(30)25-16-4-2-5-17(12-16)29(31)32/h2-12H,1H3,(H,25,30). The fourth-order valence-corrected chi connectivity index (χ4v) is 3.51. The summed E-state index contributed by atoms with van der Waals surface area (Å²) >= 11 is 9.71. The Hall–Kier alpha value is -3.56. The number of hydrogen-bond donors (Lipinski definition) is 1. The van der Waals surface area contributed by atoms with Crippen LogP contribution in [0.1, 0.15) is 16.2 Å². The van der Waals surface area contributed by atoms with Crippen LogP contribution in [0.4, 0.5) is 11.4 Å². The smallest absolute Gasteiger partial charge is 0.295 e. The monoisotopic (exact) mass is 511 g/mol. The van der Waals surface area contributed by atoms with Gasteiger partial charge in [0.1, 0.15) is 0 Å². The van der Waals surface area contributed by atoms with Crippen molar-refractivity contribution in [2.75, 3.05) is 5.32 Å². The molecule has 1 amide bonds. The lowest BCUT2D eigenvalue weighted by Crippen LogP contribution is -2.14. The second kappa shape index (κ2) is 8.89. The molecule has 32 heavy (non-hydrogen) atoms. The lowest BCUT2D eigenvalue weighted by molar-refractivity contribution is -0.384. The van der Waals surface area contributed by atoms with Crippen molar-refractivity contribution in [3.05, 3.63) is 97.7 Å². The number of nitrogens with one attached hydrogen (secondary N) is 1. The van der Waals surface area contributed by atoms with E-state index in [0.29, 0.717) is 16.5 Å². The van der Waals surface area contributed by atoms with Crippen LogP contribution in [0.25, 0.3) is 17.1 Å². The Bertz CT molecular complexity index is 1340. The van der Waals surface area contributed by atoms with Crippen molar-refractivity contribution in [3.8, 4) is 17.1 Å². The average molecular weight is 513 g/mol. The van der Waals surface area contributed by atoms with Gasteiger partial charge in [-0.05, 0) is 42.8 Å². The third-order valence-electron chi connectivity index (χ3n) is 4.69. The van der Waals surface area contributed by atoms with Crippen LogP contribution in [-0.2, 0) is 0 Å². The molecule has 1 N–H and O–H groups in total. The van der Waals surface area contributed by atoms with Crippen LogP contribution in [0, 0.1) is 17.0 Å². The predicted octanol–water partition coefficient (Wildman–Crippen LogP) is 5.82. The van der Waals surface area contributed by atoms with Crippen LogP contribution < -0.4 is 5.32 Å². The third-order valence-corrected chi connectivity index (χ3v) is 5.63. The maximum absolute atomic E-state index is 12.9. The number of nitro benzene ring substituents is 1. The molecule has 4 rings (SSSR count). The molecule has 0 fully saturated rings. The van der Waals surface area contributed by atoms with E-state index < -0.39 is 10.8 Å². The molecule has 3 aromatic carbocycles. The van der Waals surface area contributed by atoms with Crippen LogP contribution in [0.3, 0.4) is 0 Å².